The van der Waals surface area contributed by atoms with Gasteiger partial charge in [-0.3, -0.25) is 4.79 Å². The van der Waals surface area contributed by atoms with Gasteiger partial charge in [-0.1, -0.05) is 60.1 Å². The summed E-state index contributed by atoms with van der Waals surface area (Å²) in [5, 5.41) is 9.21. The first-order chi connectivity index (χ1) is 14.1. The Morgan fingerprint density at radius 2 is 1.66 bits per heavy atom. The normalized spacial score (nSPS) is 11.2. The first-order valence-corrected chi connectivity index (χ1v) is 9.61. The highest BCUT2D eigenvalue weighted by molar-refractivity contribution is 6.30. The second-order valence-corrected chi connectivity index (χ2v) is 7.16. The van der Waals surface area contributed by atoms with Crippen molar-refractivity contribution >= 4 is 45.3 Å². The molecule has 4 rings (SSSR count). The van der Waals surface area contributed by atoms with Crippen LogP contribution < -0.4 is 10.2 Å². The highest BCUT2D eigenvalue weighted by atomic mass is 35.5. The maximum atomic E-state index is 12.1. The van der Waals surface area contributed by atoms with E-state index in [1.165, 1.54) is 0 Å². The topological polar surface area (TPSA) is 50.7 Å². The van der Waals surface area contributed by atoms with Crippen molar-refractivity contribution < 1.29 is 9.53 Å². The van der Waals surface area contributed by atoms with Crippen molar-refractivity contribution in [1.29, 1.82) is 0 Å². The SMILES string of the molecule is Cc1cc(Cl)ccc1OCC(=O)NN=Cc1c2ccccc2cc2ccccc12. The second kappa shape index (κ2) is 8.33. The number of benzene rings is 4. The number of fused-ring (bicyclic) bond motifs is 2. The van der Waals surface area contributed by atoms with Gasteiger partial charge in [0.15, 0.2) is 6.61 Å². The Hall–Kier alpha value is -3.37. The molecule has 0 aliphatic heterocycles. The van der Waals surface area contributed by atoms with Crippen molar-refractivity contribution in [3.05, 3.63) is 88.9 Å². The first-order valence-electron chi connectivity index (χ1n) is 9.23. The summed E-state index contributed by atoms with van der Waals surface area (Å²) in [7, 11) is 0. The molecule has 144 valence electrons. The summed E-state index contributed by atoms with van der Waals surface area (Å²) in [6.45, 7) is 1.75. The van der Waals surface area contributed by atoms with Crippen molar-refractivity contribution in [3.63, 3.8) is 0 Å². The van der Waals surface area contributed by atoms with Crippen LogP contribution in [0.5, 0.6) is 5.75 Å². The van der Waals surface area contributed by atoms with Crippen LogP contribution in [0, 0.1) is 6.92 Å². The lowest BCUT2D eigenvalue weighted by atomic mass is 9.97. The van der Waals surface area contributed by atoms with E-state index >= 15 is 0 Å². The quantitative estimate of drug-likeness (QED) is 0.273. The summed E-state index contributed by atoms with van der Waals surface area (Å²) in [6, 6.07) is 23.7. The molecule has 0 spiro atoms. The molecule has 1 amide bonds. The summed E-state index contributed by atoms with van der Waals surface area (Å²) in [5.41, 5.74) is 4.38. The van der Waals surface area contributed by atoms with Gasteiger partial charge in [0.25, 0.3) is 5.91 Å². The van der Waals surface area contributed by atoms with E-state index in [0.717, 1.165) is 32.7 Å². The van der Waals surface area contributed by atoms with Crippen LogP contribution in [-0.4, -0.2) is 18.7 Å². The highest BCUT2D eigenvalue weighted by Gasteiger charge is 2.07. The van der Waals surface area contributed by atoms with Crippen LogP contribution in [0.1, 0.15) is 11.1 Å². The second-order valence-electron chi connectivity index (χ2n) is 6.72. The van der Waals surface area contributed by atoms with E-state index in [-0.39, 0.29) is 12.5 Å². The van der Waals surface area contributed by atoms with Crippen LogP contribution in [0.15, 0.2) is 77.9 Å². The molecule has 0 unspecified atom stereocenters. The Labute approximate surface area is 173 Å². The van der Waals surface area contributed by atoms with E-state index in [9.17, 15) is 4.79 Å². The molecule has 0 fully saturated rings. The fourth-order valence-corrected chi connectivity index (χ4v) is 3.53. The minimum atomic E-state index is -0.333. The molecule has 4 aromatic rings. The maximum absolute atomic E-state index is 12.1. The van der Waals surface area contributed by atoms with E-state index in [1.807, 2.05) is 31.2 Å². The standard InChI is InChI=1S/C24H19ClN2O2/c1-16-12-19(25)10-11-23(16)29-15-24(28)27-26-14-22-20-8-4-2-6-17(20)13-18-7-3-5-9-21(18)22/h2-14H,15H2,1H3,(H,27,28). The molecule has 0 aromatic heterocycles. The van der Waals surface area contributed by atoms with E-state index in [4.69, 9.17) is 16.3 Å². The summed E-state index contributed by atoms with van der Waals surface area (Å²) >= 11 is 5.94. The fraction of sp³-hybridized carbons (Fsp3) is 0.0833. The zero-order valence-electron chi connectivity index (χ0n) is 15.9. The van der Waals surface area contributed by atoms with Gasteiger partial charge in [-0.05, 0) is 58.3 Å². The Bertz CT molecular complexity index is 1180. The van der Waals surface area contributed by atoms with Gasteiger partial charge in [-0.2, -0.15) is 5.10 Å². The van der Waals surface area contributed by atoms with Crippen molar-refractivity contribution in [1.82, 2.24) is 5.43 Å². The number of rotatable bonds is 5. The average Bonchev–Trinajstić information content (AvgIpc) is 2.72. The minimum absolute atomic E-state index is 0.129. The first kappa shape index (κ1) is 19.0. The van der Waals surface area contributed by atoms with Gasteiger partial charge in [0.2, 0.25) is 0 Å². The highest BCUT2D eigenvalue weighted by Crippen LogP contribution is 2.27. The lowest BCUT2D eigenvalue weighted by molar-refractivity contribution is -0.123. The molecule has 0 aliphatic rings. The molecule has 29 heavy (non-hydrogen) atoms. The summed E-state index contributed by atoms with van der Waals surface area (Å²) < 4.78 is 5.55. The molecule has 0 atom stereocenters. The van der Waals surface area contributed by atoms with Gasteiger partial charge in [-0.15, -0.1) is 0 Å². The van der Waals surface area contributed by atoms with Gasteiger partial charge >= 0.3 is 0 Å². The van der Waals surface area contributed by atoms with Gasteiger partial charge in [0.1, 0.15) is 5.75 Å². The fourth-order valence-electron chi connectivity index (χ4n) is 3.31. The van der Waals surface area contributed by atoms with Gasteiger partial charge in [-0.25, -0.2) is 5.43 Å². The molecule has 1 N–H and O–H groups in total. The summed E-state index contributed by atoms with van der Waals surface area (Å²) in [5.74, 6) is 0.286. The number of amides is 1. The third kappa shape index (κ3) is 4.23. The molecule has 4 aromatic carbocycles. The molecule has 0 saturated heterocycles. The number of nitrogens with one attached hydrogen (secondary N) is 1. The number of ether oxygens (including phenoxy) is 1. The van der Waals surface area contributed by atoms with Crippen molar-refractivity contribution in [2.45, 2.75) is 6.92 Å². The maximum Gasteiger partial charge on any atom is 0.277 e. The zero-order valence-corrected chi connectivity index (χ0v) is 16.6. The van der Waals surface area contributed by atoms with Crippen molar-refractivity contribution in [2.75, 3.05) is 6.61 Å². The summed E-state index contributed by atoms with van der Waals surface area (Å²) in [6.07, 6.45) is 1.69. The molecule has 5 heteroatoms. The molecule has 0 heterocycles. The number of carbonyl (C=O) groups is 1. The largest absolute Gasteiger partial charge is 0.483 e. The van der Waals surface area contributed by atoms with E-state index in [2.05, 4.69) is 40.9 Å². The number of halogens is 1. The number of carbonyl (C=O) groups excluding carboxylic acids is 1. The summed E-state index contributed by atoms with van der Waals surface area (Å²) in [4.78, 5) is 12.1. The predicted octanol–water partition coefficient (Wildman–Crippen LogP) is 5.48. The number of hydrazone groups is 1. The molecule has 0 saturated carbocycles. The van der Waals surface area contributed by atoms with Gasteiger partial charge in [0.05, 0.1) is 6.21 Å². The molecule has 0 radical (unpaired) electrons. The van der Waals surface area contributed by atoms with Crippen LogP contribution >= 0.6 is 11.6 Å². The van der Waals surface area contributed by atoms with E-state index in [1.54, 1.807) is 24.4 Å². The van der Waals surface area contributed by atoms with E-state index < -0.39 is 0 Å². The Morgan fingerprint density at radius 3 is 2.31 bits per heavy atom. The van der Waals surface area contributed by atoms with Gasteiger partial charge in [0, 0.05) is 10.6 Å². The molecule has 0 aliphatic carbocycles. The molecular weight excluding hydrogens is 384 g/mol. The number of nitrogens with zero attached hydrogens (tertiary/aromatic N) is 1. The van der Waals surface area contributed by atoms with Crippen molar-refractivity contribution in [2.24, 2.45) is 5.10 Å². The average molecular weight is 403 g/mol. The Balaban J connectivity index is 1.51. The van der Waals surface area contributed by atoms with Gasteiger partial charge < -0.3 is 4.74 Å². The molecule has 0 bridgehead atoms. The Kier molecular flexibility index (Phi) is 5.45. The monoisotopic (exact) mass is 402 g/mol. The lowest BCUT2D eigenvalue weighted by Crippen LogP contribution is -2.24. The van der Waals surface area contributed by atoms with Crippen LogP contribution in [0.3, 0.4) is 0 Å². The van der Waals surface area contributed by atoms with E-state index in [0.29, 0.717) is 10.8 Å². The third-order valence-corrected chi connectivity index (χ3v) is 4.93. The lowest BCUT2D eigenvalue weighted by Gasteiger charge is -2.09. The van der Waals surface area contributed by atoms with Crippen LogP contribution in [0.25, 0.3) is 21.5 Å². The van der Waals surface area contributed by atoms with Crippen LogP contribution in [0.2, 0.25) is 5.02 Å². The van der Waals surface area contributed by atoms with Crippen molar-refractivity contribution in [3.8, 4) is 5.75 Å². The zero-order chi connectivity index (χ0) is 20.2. The molecule has 4 nitrogen and oxygen atoms in total. The minimum Gasteiger partial charge on any atom is -0.483 e. The third-order valence-electron chi connectivity index (χ3n) is 4.69. The molecular formula is C24H19ClN2O2. The predicted molar refractivity (Wildman–Crippen MR) is 119 cm³/mol. The smallest absolute Gasteiger partial charge is 0.277 e. The number of hydrogen-bond acceptors (Lipinski definition) is 3. The van der Waals surface area contributed by atoms with Crippen LogP contribution in [0.4, 0.5) is 0 Å². The number of aryl methyl sites for hydroxylation is 1. The Morgan fingerprint density at radius 1 is 1.00 bits per heavy atom. The van der Waals surface area contributed by atoms with Crippen LogP contribution in [-0.2, 0) is 4.79 Å². The number of hydrogen-bond donors (Lipinski definition) is 1.